The van der Waals surface area contributed by atoms with Crippen LogP contribution in [0.5, 0.6) is 0 Å². The Morgan fingerprint density at radius 1 is 1.21 bits per heavy atom. The normalized spacial score (nSPS) is 12.2. The molecule has 0 spiro atoms. The summed E-state index contributed by atoms with van der Waals surface area (Å²) < 4.78 is 18.9. The molecule has 19 heavy (non-hydrogen) atoms. The predicted molar refractivity (Wildman–Crippen MR) is 78.8 cm³/mol. The van der Waals surface area contributed by atoms with E-state index in [2.05, 4.69) is 21.2 Å². The van der Waals surface area contributed by atoms with Crippen LogP contribution in [0.15, 0.2) is 53.0 Å². The predicted octanol–water partition coefficient (Wildman–Crippen LogP) is 4.39. The Morgan fingerprint density at radius 3 is 2.58 bits per heavy atom. The molecule has 100 valence electrons. The van der Waals surface area contributed by atoms with Gasteiger partial charge < -0.3 is 10.1 Å². The van der Waals surface area contributed by atoms with Crippen molar-refractivity contribution in [3.63, 3.8) is 0 Å². The van der Waals surface area contributed by atoms with Gasteiger partial charge in [0.15, 0.2) is 0 Å². The Bertz CT molecular complexity index is 533. The third-order valence-corrected chi connectivity index (χ3v) is 3.40. The lowest BCUT2D eigenvalue weighted by molar-refractivity contribution is 0.186. The molecule has 0 aliphatic rings. The first kappa shape index (κ1) is 14.0. The van der Waals surface area contributed by atoms with E-state index in [9.17, 15) is 4.39 Å². The van der Waals surface area contributed by atoms with Crippen LogP contribution >= 0.6 is 15.9 Å². The summed E-state index contributed by atoms with van der Waals surface area (Å²) in [5.74, 6) is -0.270. The van der Waals surface area contributed by atoms with E-state index in [1.54, 1.807) is 19.2 Å². The maximum atomic E-state index is 13.2. The van der Waals surface area contributed by atoms with Crippen molar-refractivity contribution in [3.8, 4) is 0 Å². The van der Waals surface area contributed by atoms with E-state index in [-0.39, 0.29) is 11.9 Å². The van der Waals surface area contributed by atoms with Crippen LogP contribution in [0.3, 0.4) is 0 Å². The average molecular weight is 324 g/mol. The lowest BCUT2D eigenvalue weighted by atomic mass is 10.1. The highest BCUT2D eigenvalue weighted by Gasteiger charge is 2.11. The van der Waals surface area contributed by atoms with Crippen LogP contribution in [0.2, 0.25) is 0 Å². The average Bonchev–Trinajstić information content (AvgIpc) is 2.43. The van der Waals surface area contributed by atoms with Crippen molar-refractivity contribution in [1.82, 2.24) is 0 Å². The Balaban J connectivity index is 2.19. The van der Waals surface area contributed by atoms with E-state index in [0.717, 1.165) is 11.3 Å². The number of hydrogen-bond donors (Lipinski definition) is 1. The van der Waals surface area contributed by atoms with Gasteiger partial charge >= 0.3 is 0 Å². The number of rotatable bonds is 5. The third kappa shape index (κ3) is 3.78. The van der Waals surface area contributed by atoms with Crippen molar-refractivity contribution < 1.29 is 9.13 Å². The van der Waals surface area contributed by atoms with Gasteiger partial charge in [-0.2, -0.15) is 0 Å². The van der Waals surface area contributed by atoms with Gasteiger partial charge in [-0.25, -0.2) is 4.39 Å². The molecule has 0 saturated heterocycles. The molecule has 0 aliphatic carbocycles. The van der Waals surface area contributed by atoms with E-state index in [4.69, 9.17) is 4.74 Å². The molecular formula is C15H15BrFNO. The first-order valence-corrected chi connectivity index (χ1v) is 6.75. The van der Waals surface area contributed by atoms with Crippen LogP contribution in [0.4, 0.5) is 10.1 Å². The van der Waals surface area contributed by atoms with Gasteiger partial charge in [0.1, 0.15) is 5.82 Å². The summed E-state index contributed by atoms with van der Waals surface area (Å²) in [5, 5.41) is 3.34. The second-order valence-corrected chi connectivity index (χ2v) is 5.05. The van der Waals surface area contributed by atoms with Gasteiger partial charge in [-0.05, 0) is 39.7 Å². The molecule has 0 saturated carbocycles. The van der Waals surface area contributed by atoms with Crippen molar-refractivity contribution in [3.05, 3.63) is 64.4 Å². The summed E-state index contributed by atoms with van der Waals surface area (Å²) in [6.45, 7) is 0.541. The van der Waals surface area contributed by atoms with Crippen molar-refractivity contribution >= 4 is 21.6 Å². The Hall–Kier alpha value is -1.39. The molecule has 0 radical (unpaired) electrons. The summed E-state index contributed by atoms with van der Waals surface area (Å²) in [7, 11) is 1.66. The van der Waals surface area contributed by atoms with Gasteiger partial charge in [0.25, 0.3) is 0 Å². The molecule has 0 aromatic heterocycles. The highest BCUT2D eigenvalue weighted by molar-refractivity contribution is 9.10. The Labute approximate surface area is 120 Å². The van der Waals surface area contributed by atoms with Crippen LogP contribution < -0.4 is 5.32 Å². The van der Waals surface area contributed by atoms with Gasteiger partial charge in [0, 0.05) is 12.8 Å². The molecule has 0 heterocycles. The van der Waals surface area contributed by atoms with Crippen LogP contribution in [0, 0.1) is 5.82 Å². The molecule has 0 amide bonds. The number of nitrogens with one attached hydrogen (secondary N) is 1. The molecule has 2 rings (SSSR count). The minimum Gasteiger partial charge on any atom is -0.382 e. The van der Waals surface area contributed by atoms with Crippen LogP contribution in [0.1, 0.15) is 11.6 Å². The quantitative estimate of drug-likeness (QED) is 0.881. The zero-order valence-corrected chi connectivity index (χ0v) is 12.2. The van der Waals surface area contributed by atoms with E-state index in [0.29, 0.717) is 11.1 Å². The number of methoxy groups -OCH3 is 1. The summed E-state index contributed by atoms with van der Waals surface area (Å²) in [6, 6.07) is 14.9. The molecule has 0 fully saturated rings. The third-order valence-electron chi connectivity index (χ3n) is 2.80. The van der Waals surface area contributed by atoms with Crippen molar-refractivity contribution in [1.29, 1.82) is 0 Å². The van der Waals surface area contributed by atoms with Gasteiger partial charge in [0.05, 0.1) is 17.1 Å². The zero-order valence-electron chi connectivity index (χ0n) is 10.6. The first-order chi connectivity index (χ1) is 9.20. The number of ether oxygens (including phenoxy) is 1. The van der Waals surface area contributed by atoms with E-state index in [1.807, 2.05) is 30.3 Å². The standard InChI is InChI=1S/C15H15BrFNO/c1-19-10-15(11-5-3-2-4-6-11)18-12-7-8-14(17)13(16)9-12/h2-9,15,18H,10H2,1H3. The van der Waals surface area contributed by atoms with Crippen molar-refractivity contribution in [2.45, 2.75) is 6.04 Å². The van der Waals surface area contributed by atoms with Gasteiger partial charge in [0.2, 0.25) is 0 Å². The van der Waals surface area contributed by atoms with Gasteiger partial charge in [-0.15, -0.1) is 0 Å². The maximum Gasteiger partial charge on any atom is 0.137 e. The highest BCUT2D eigenvalue weighted by Crippen LogP contribution is 2.24. The first-order valence-electron chi connectivity index (χ1n) is 5.96. The fraction of sp³-hybridized carbons (Fsp3) is 0.200. The summed E-state index contributed by atoms with van der Waals surface area (Å²) >= 11 is 3.18. The van der Waals surface area contributed by atoms with Crippen LogP contribution in [0.25, 0.3) is 0 Å². The summed E-state index contributed by atoms with van der Waals surface area (Å²) in [5.41, 5.74) is 1.98. The fourth-order valence-corrected chi connectivity index (χ4v) is 2.24. The van der Waals surface area contributed by atoms with Crippen molar-refractivity contribution in [2.24, 2.45) is 0 Å². The largest absolute Gasteiger partial charge is 0.382 e. The summed E-state index contributed by atoms with van der Waals surface area (Å²) in [4.78, 5) is 0. The molecule has 2 aromatic rings. The maximum absolute atomic E-state index is 13.2. The topological polar surface area (TPSA) is 21.3 Å². The molecule has 1 unspecified atom stereocenters. The number of halogens is 2. The van der Waals surface area contributed by atoms with Crippen molar-refractivity contribution in [2.75, 3.05) is 19.0 Å². The van der Waals surface area contributed by atoms with E-state index in [1.165, 1.54) is 6.07 Å². The zero-order chi connectivity index (χ0) is 13.7. The lowest BCUT2D eigenvalue weighted by Gasteiger charge is -2.20. The molecule has 0 aliphatic heterocycles. The Morgan fingerprint density at radius 2 is 1.95 bits per heavy atom. The second kappa shape index (κ2) is 6.68. The second-order valence-electron chi connectivity index (χ2n) is 4.19. The van der Waals surface area contributed by atoms with Crippen LogP contribution in [-0.2, 0) is 4.74 Å². The SMILES string of the molecule is COCC(Nc1ccc(F)c(Br)c1)c1ccccc1. The van der Waals surface area contributed by atoms with Gasteiger partial charge in [-0.3, -0.25) is 0 Å². The van der Waals surface area contributed by atoms with Gasteiger partial charge in [-0.1, -0.05) is 30.3 Å². The number of benzene rings is 2. The fourth-order valence-electron chi connectivity index (χ4n) is 1.86. The molecule has 1 N–H and O–H groups in total. The molecule has 1 atom stereocenters. The minimum absolute atomic E-state index is 0.0311. The minimum atomic E-state index is -0.270. The van der Waals surface area contributed by atoms with Crippen LogP contribution in [-0.4, -0.2) is 13.7 Å². The highest BCUT2D eigenvalue weighted by atomic mass is 79.9. The van der Waals surface area contributed by atoms with E-state index < -0.39 is 0 Å². The monoisotopic (exact) mass is 323 g/mol. The molecule has 0 bridgehead atoms. The molecule has 2 aromatic carbocycles. The van der Waals surface area contributed by atoms with E-state index >= 15 is 0 Å². The smallest absolute Gasteiger partial charge is 0.137 e. The molecule has 2 nitrogen and oxygen atoms in total. The molecule has 4 heteroatoms. The number of anilines is 1. The molecular weight excluding hydrogens is 309 g/mol. The number of hydrogen-bond acceptors (Lipinski definition) is 2. The lowest BCUT2D eigenvalue weighted by Crippen LogP contribution is -2.16. The Kier molecular flexibility index (Phi) is 4.93. The summed E-state index contributed by atoms with van der Waals surface area (Å²) in [6.07, 6.45) is 0.